The van der Waals surface area contributed by atoms with Crippen molar-refractivity contribution in [1.82, 2.24) is 9.55 Å². The molecule has 0 unspecified atom stereocenters. The number of benzene rings is 1. The van der Waals surface area contributed by atoms with Crippen LogP contribution in [0.1, 0.15) is 17.7 Å². The molecule has 2 N–H and O–H groups in total. The van der Waals surface area contributed by atoms with Gasteiger partial charge in [-0.15, -0.1) is 0 Å². The largest absolute Gasteiger partial charge is 0.337 e. The molecule has 84 valence electrons. The summed E-state index contributed by atoms with van der Waals surface area (Å²) in [4.78, 5) is 4.20. The van der Waals surface area contributed by atoms with Crippen molar-refractivity contribution in [3.8, 4) is 0 Å². The lowest BCUT2D eigenvalue weighted by molar-refractivity contribution is 0.641. The second-order valence-corrected chi connectivity index (χ2v) is 3.90. The van der Waals surface area contributed by atoms with E-state index < -0.39 is 0 Å². The van der Waals surface area contributed by atoms with E-state index in [0.717, 1.165) is 25.1 Å². The van der Waals surface area contributed by atoms with Crippen molar-refractivity contribution >= 4 is 0 Å². The molecule has 0 bridgehead atoms. The van der Waals surface area contributed by atoms with Gasteiger partial charge >= 0.3 is 0 Å². The van der Waals surface area contributed by atoms with E-state index in [0.29, 0.717) is 6.54 Å². The normalized spacial score (nSPS) is 10.6. The van der Waals surface area contributed by atoms with Gasteiger partial charge in [0.2, 0.25) is 0 Å². The van der Waals surface area contributed by atoms with Crippen LogP contribution in [0.2, 0.25) is 0 Å². The Kier molecular flexibility index (Phi) is 3.72. The molecule has 0 amide bonds. The van der Waals surface area contributed by atoms with Gasteiger partial charge < -0.3 is 10.3 Å². The summed E-state index contributed by atoms with van der Waals surface area (Å²) in [6.45, 7) is 1.52. The predicted molar refractivity (Wildman–Crippen MR) is 64.9 cm³/mol. The molecule has 1 aromatic heterocycles. The second-order valence-electron chi connectivity index (χ2n) is 3.90. The Balaban J connectivity index is 1.80. The Morgan fingerprint density at radius 1 is 1.19 bits per heavy atom. The molecule has 1 heterocycles. The van der Waals surface area contributed by atoms with Crippen LogP contribution in [0.3, 0.4) is 0 Å². The van der Waals surface area contributed by atoms with Crippen molar-refractivity contribution in [3.63, 3.8) is 0 Å². The van der Waals surface area contributed by atoms with Crippen LogP contribution in [0.25, 0.3) is 0 Å². The van der Waals surface area contributed by atoms with Crippen molar-refractivity contribution in [3.05, 3.63) is 54.1 Å². The number of nitrogens with zero attached hydrogens (tertiary/aromatic N) is 2. The molecule has 0 aliphatic heterocycles. The highest BCUT2D eigenvalue weighted by Crippen LogP contribution is 2.04. The van der Waals surface area contributed by atoms with Crippen LogP contribution < -0.4 is 5.73 Å². The molecule has 3 heteroatoms. The topological polar surface area (TPSA) is 43.8 Å². The Bertz CT molecular complexity index is 420. The molecule has 0 saturated heterocycles. The Morgan fingerprint density at radius 3 is 2.69 bits per heavy atom. The standard InChI is InChI=1S/C13H17N3/c14-9-13-10-16(11-15-13)8-4-7-12-5-2-1-3-6-12/h1-3,5-6,10-11H,4,7-9,14H2. The van der Waals surface area contributed by atoms with Crippen LogP contribution in [0, 0.1) is 0 Å². The summed E-state index contributed by atoms with van der Waals surface area (Å²) in [6, 6.07) is 10.5. The highest BCUT2D eigenvalue weighted by atomic mass is 15.0. The summed E-state index contributed by atoms with van der Waals surface area (Å²) >= 11 is 0. The van der Waals surface area contributed by atoms with Crippen LogP contribution in [0.5, 0.6) is 0 Å². The van der Waals surface area contributed by atoms with Crippen molar-refractivity contribution in [2.24, 2.45) is 5.73 Å². The van der Waals surface area contributed by atoms with Crippen LogP contribution in [0.15, 0.2) is 42.9 Å². The molecule has 0 spiro atoms. The van der Waals surface area contributed by atoms with Gasteiger partial charge in [-0.25, -0.2) is 4.98 Å². The summed E-state index contributed by atoms with van der Waals surface area (Å²) < 4.78 is 2.10. The lowest BCUT2D eigenvalue weighted by Crippen LogP contribution is -1.98. The number of rotatable bonds is 5. The molecule has 2 rings (SSSR count). The van der Waals surface area contributed by atoms with E-state index in [1.165, 1.54) is 5.56 Å². The minimum Gasteiger partial charge on any atom is -0.337 e. The Morgan fingerprint density at radius 2 is 2.00 bits per heavy atom. The molecule has 2 aromatic rings. The summed E-state index contributed by atoms with van der Waals surface area (Å²) in [5.74, 6) is 0. The summed E-state index contributed by atoms with van der Waals surface area (Å²) in [6.07, 6.45) is 6.11. The fraction of sp³-hybridized carbons (Fsp3) is 0.308. The summed E-state index contributed by atoms with van der Waals surface area (Å²) in [5.41, 5.74) is 7.86. The van der Waals surface area contributed by atoms with Crippen LogP contribution in [-0.2, 0) is 19.5 Å². The first-order chi connectivity index (χ1) is 7.88. The van der Waals surface area contributed by atoms with Crippen LogP contribution in [0.4, 0.5) is 0 Å². The second kappa shape index (κ2) is 5.47. The van der Waals surface area contributed by atoms with E-state index in [4.69, 9.17) is 5.73 Å². The van der Waals surface area contributed by atoms with Gasteiger partial charge in [-0.2, -0.15) is 0 Å². The quantitative estimate of drug-likeness (QED) is 0.828. The first-order valence-electron chi connectivity index (χ1n) is 5.63. The van der Waals surface area contributed by atoms with Crippen molar-refractivity contribution < 1.29 is 0 Å². The Hall–Kier alpha value is -1.61. The van der Waals surface area contributed by atoms with Gasteiger partial charge in [-0.3, -0.25) is 0 Å². The highest BCUT2D eigenvalue weighted by molar-refractivity contribution is 5.14. The van der Waals surface area contributed by atoms with Crippen LogP contribution >= 0.6 is 0 Å². The molecule has 0 aliphatic rings. The van der Waals surface area contributed by atoms with E-state index in [2.05, 4.69) is 33.8 Å². The maximum absolute atomic E-state index is 5.51. The van der Waals surface area contributed by atoms with Gasteiger partial charge in [-0.05, 0) is 18.4 Å². The summed E-state index contributed by atoms with van der Waals surface area (Å²) in [5, 5.41) is 0. The third-order valence-electron chi connectivity index (χ3n) is 2.62. The van der Waals surface area contributed by atoms with E-state index in [-0.39, 0.29) is 0 Å². The monoisotopic (exact) mass is 215 g/mol. The van der Waals surface area contributed by atoms with Gasteiger partial charge in [0, 0.05) is 19.3 Å². The molecular formula is C13H17N3. The molecule has 1 aromatic carbocycles. The van der Waals surface area contributed by atoms with Gasteiger partial charge in [0.1, 0.15) is 0 Å². The number of aryl methyl sites for hydroxylation is 2. The minimum atomic E-state index is 0.520. The SMILES string of the molecule is NCc1cn(CCCc2ccccc2)cn1. The van der Waals surface area contributed by atoms with Gasteiger partial charge in [0.15, 0.2) is 0 Å². The smallest absolute Gasteiger partial charge is 0.0949 e. The van der Waals surface area contributed by atoms with Gasteiger partial charge in [0.25, 0.3) is 0 Å². The van der Waals surface area contributed by atoms with Crippen molar-refractivity contribution in [2.45, 2.75) is 25.9 Å². The maximum Gasteiger partial charge on any atom is 0.0949 e. The van der Waals surface area contributed by atoms with Crippen molar-refractivity contribution in [2.75, 3.05) is 0 Å². The molecule has 0 atom stereocenters. The third-order valence-corrected chi connectivity index (χ3v) is 2.62. The Labute approximate surface area is 95.9 Å². The first kappa shape index (κ1) is 10.9. The number of imidazole rings is 1. The molecule has 0 aliphatic carbocycles. The highest BCUT2D eigenvalue weighted by Gasteiger charge is 1.96. The average Bonchev–Trinajstić information content (AvgIpc) is 2.78. The summed E-state index contributed by atoms with van der Waals surface area (Å²) in [7, 11) is 0. The number of hydrogen-bond donors (Lipinski definition) is 1. The first-order valence-corrected chi connectivity index (χ1v) is 5.63. The number of hydrogen-bond acceptors (Lipinski definition) is 2. The van der Waals surface area contributed by atoms with E-state index in [1.54, 1.807) is 0 Å². The lowest BCUT2D eigenvalue weighted by atomic mass is 10.1. The third kappa shape index (κ3) is 2.94. The predicted octanol–water partition coefficient (Wildman–Crippen LogP) is 1.97. The molecule has 0 fully saturated rings. The zero-order valence-corrected chi connectivity index (χ0v) is 9.34. The van der Waals surface area contributed by atoms with Gasteiger partial charge in [0.05, 0.1) is 12.0 Å². The van der Waals surface area contributed by atoms with E-state index in [1.807, 2.05) is 18.6 Å². The zero-order chi connectivity index (χ0) is 11.2. The molecule has 0 radical (unpaired) electrons. The fourth-order valence-corrected chi connectivity index (χ4v) is 1.74. The average molecular weight is 215 g/mol. The van der Waals surface area contributed by atoms with E-state index >= 15 is 0 Å². The van der Waals surface area contributed by atoms with Crippen molar-refractivity contribution in [1.29, 1.82) is 0 Å². The molecular weight excluding hydrogens is 198 g/mol. The number of nitrogens with two attached hydrogens (primary N) is 1. The molecule has 0 saturated carbocycles. The minimum absolute atomic E-state index is 0.520. The number of aromatic nitrogens is 2. The van der Waals surface area contributed by atoms with Gasteiger partial charge in [-0.1, -0.05) is 30.3 Å². The lowest BCUT2D eigenvalue weighted by Gasteiger charge is -2.02. The maximum atomic E-state index is 5.51. The fourth-order valence-electron chi connectivity index (χ4n) is 1.74. The zero-order valence-electron chi connectivity index (χ0n) is 9.34. The molecule has 3 nitrogen and oxygen atoms in total. The van der Waals surface area contributed by atoms with E-state index in [9.17, 15) is 0 Å². The molecule has 16 heavy (non-hydrogen) atoms. The van der Waals surface area contributed by atoms with Crippen LogP contribution in [-0.4, -0.2) is 9.55 Å².